The lowest BCUT2D eigenvalue weighted by molar-refractivity contribution is 0.449. The Balaban J connectivity index is 2.45. The summed E-state index contributed by atoms with van der Waals surface area (Å²) >= 11 is 0. The molecule has 0 radical (unpaired) electrons. The predicted octanol–water partition coefficient (Wildman–Crippen LogP) is 4.27. The Bertz CT molecular complexity index is 609. The standard InChI is InChI=1S/C16H16F3N/c1-10(2)20-9-11-5-3-4-6-12(11)13-7-8-14(17)16(19)15(13)18/h3-8,10,20H,9H2,1-2H3. The van der Waals surface area contributed by atoms with Crippen molar-refractivity contribution >= 4 is 0 Å². The van der Waals surface area contributed by atoms with Gasteiger partial charge in [-0.3, -0.25) is 0 Å². The molecule has 0 aliphatic rings. The first kappa shape index (κ1) is 14.6. The Labute approximate surface area is 116 Å². The van der Waals surface area contributed by atoms with E-state index < -0.39 is 17.5 Å². The zero-order valence-corrected chi connectivity index (χ0v) is 11.4. The summed E-state index contributed by atoms with van der Waals surface area (Å²) < 4.78 is 40.3. The highest BCUT2D eigenvalue weighted by molar-refractivity contribution is 5.68. The van der Waals surface area contributed by atoms with Gasteiger partial charge < -0.3 is 5.32 Å². The molecule has 0 heterocycles. The molecule has 0 spiro atoms. The maximum Gasteiger partial charge on any atom is 0.195 e. The van der Waals surface area contributed by atoms with Crippen LogP contribution < -0.4 is 5.32 Å². The van der Waals surface area contributed by atoms with Crippen LogP contribution in [0.4, 0.5) is 13.2 Å². The van der Waals surface area contributed by atoms with Crippen molar-refractivity contribution in [3.63, 3.8) is 0 Å². The fourth-order valence-electron chi connectivity index (χ4n) is 1.99. The molecule has 2 aromatic carbocycles. The number of hydrogen-bond donors (Lipinski definition) is 1. The van der Waals surface area contributed by atoms with Gasteiger partial charge in [0.15, 0.2) is 17.5 Å². The highest BCUT2D eigenvalue weighted by atomic mass is 19.2. The summed E-state index contributed by atoms with van der Waals surface area (Å²) in [6.45, 7) is 4.54. The minimum absolute atomic E-state index is 0.0741. The van der Waals surface area contributed by atoms with Crippen molar-refractivity contribution in [1.82, 2.24) is 5.32 Å². The summed E-state index contributed by atoms with van der Waals surface area (Å²) in [5, 5.41) is 3.23. The van der Waals surface area contributed by atoms with Gasteiger partial charge in [0.25, 0.3) is 0 Å². The first-order valence-corrected chi connectivity index (χ1v) is 6.46. The van der Waals surface area contributed by atoms with Crippen LogP contribution in [0.1, 0.15) is 19.4 Å². The molecule has 0 fully saturated rings. The van der Waals surface area contributed by atoms with Crippen molar-refractivity contribution < 1.29 is 13.2 Å². The number of rotatable bonds is 4. The van der Waals surface area contributed by atoms with E-state index in [-0.39, 0.29) is 11.6 Å². The number of benzene rings is 2. The molecule has 0 aromatic heterocycles. The van der Waals surface area contributed by atoms with Crippen molar-refractivity contribution in [2.24, 2.45) is 0 Å². The maximum absolute atomic E-state index is 13.9. The summed E-state index contributed by atoms with van der Waals surface area (Å²) in [5.74, 6) is -3.76. The van der Waals surface area contributed by atoms with Gasteiger partial charge in [0, 0.05) is 18.2 Å². The Morgan fingerprint density at radius 1 is 0.900 bits per heavy atom. The van der Waals surface area contributed by atoms with Gasteiger partial charge in [0.1, 0.15) is 0 Å². The van der Waals surface area contributed by atoms with E-state index in [9.17, 15) is 13.2 Å². The normalized spacial score (nSPS) is 11.1. The topological polar surface area (TPSA) is 12.0 Å². The SMILES string of the molecule is CC(C)NCc1ccccc1-c1ccc(F)c(F)c1F. The highest BCUT2D eigenvalue weighted by Gasteiger charge is 2.16. The second-order valence-corrected chi connectivity index (χ2v) is 4.92. The van der Waals surface area contributed by atoms with Crippen LogP contribution in [0.2, 0.25) is 0 Å². The second kappa shape index (κ2) is 6.09. The molecule has 0 saturated heterocycles. The summed E-state index contributed by atoms with van der Waals surface area (Å²) in [5.41, 5.74) is 1.48. The van der Waals surface area contributed by atoms with Crippen LogP contribution in [-0.2, 0) is 6.54 Å². The molecule has 1 N–H and O–H groups in total. The lowest BCUT2D eigenvalue weighted by Crippen LogP contribution is -2.22. The number of hydrogen-bond acceptors (Lipinski definition) is 1. The van der Waals surface area contributed by atoms with Crippen LogP contribution >= 0.6 is 0 Å². The van der Waals surface area contributed by atoms with E-state index in [0.717, 1.165) is 11.6 Å². The van der Waals surface area contributed by atoms with Crippen molar-refractivity contribution in [2.75, 3.05) is 0 Å². The van der Waals surface area contributed by atoms with Gasteiger partial charge in [-0.2, -0.15) is 0 Å². The van der Waals surface area contributed by atoms with E-state index in [1.54, 1.807) is 12.1 Å². The van der Waals surface area contributed by atoms with Crippen LogP contribution in [-0.4, -0.2) is 6.04 Å². The molecule has 0 amide bonds. The van der Waals surface area contributed by atoms with E-state index in [1.807, 2.05) is 26.0 Å². The minimum atomic E-state index is -1.44. The van der Waals surface area contributed by atoms with E-state index >= 15 is 0 Å². The smallest absolute Gasteiger partial charge is 0.195 e. The third-order valence-corrected chi connectivity index (χ3v) is 3.04. The van der Waals surface area contributed by atoms with Crippen molar-refractivity contribution in [2.45, 2.75) is 26.4 Å². The molecule has 1 nitrogen and oxygen atoms in total. The first-order chi connectivity index (χ1) is 9.50. The molecule has 2 aromatic rings. The molecule has 0 unspecified atom stereocenters. The first-order valence-electron chi connectivity index (χ1n) is 6.46. The number of nitrogens with one attached hydrogen (secondary N) is 1. The Morgan fingerprint density at radius 3 is 2.30 bits per heavy atom. The third kappa shape index (κ3) is 3.02. The summed E-state index contributed by atoms with van der Waals surface area (Å²) in [6, 6.07) is 9.60. The second-order valence-electron chi connectivity index (χ2n) is 4.92. The molecule has 0 aliphatic heterocycles. The molecule has 2 rings (SSSR count). The molecule has 0 bridgehead atoms. The molecular weight excluding hydrogens is 263 g/mol. The Morgan fingerprint density at radius 2 is 1.60 bits per heavy atom. The fourth-order valence-corrected chi connectivity index (χ4v) is 1.99. The Hall–Kier alpha value is -1.81. The lowest BCUT2D eigenvalue weighted by Gasteiger charge is -2.13. The van der Waals surface area contributed by atoms with Crippen LogP contribution in [0.25, 0.3) is 11.1 Å². The van der Waals surface area contributed by atoms with Crippen LogP contribution in [0.5, 0.6) is 0 Å². The average molecular weight is 279 g/mol. The third-order valence-electron chi connectivity index (χ3n) is 3.04. The highest BCUT2D eigenvalue weighted by Crippen LogP contribution is 2.28. The zero-order chi connectivity index (χ0) is 14.7. The molecule has 106 valence electrons. The Kier molecular flexibility index (Phi) is 4.45. The molecule has 0 atom stereocenters. The van der Waals surface area contributed by atoms with Gasteiger partial charge in [-0.05, 0) is 23.3 Å². The van der Waals surface area contributed by atoms with Crippen LogP contribution in [0.15, 0.2) is 36.4 Å². The van der Waals surface area contributed by atoms with Crippen molar-refractivity contribution in [1.29, 1.82) is 0 Å². The molecule has 0 saturated carbocycles. The van der Waals surface area contributed by atoms with Crippen LogP contribution in [0, 0.1) is 17.5 Å². The van der Waals surface area contributed by atoms with E-state index in [4.69, 9.17) is 0 Å². The van der Waals surface area contributed by atoms with Crippen molar-refractivity contribution in [3.05, 3.63) is 59.4 Å². The lowest BCUT2D eigenvalue weighted by atomic mass is 9.98. The molecule has 4 heteroatoms. The van der Waals surface area contributed by atoms with E-state index in [2.05, 4.69) is 5.32 Å². The molecular formula is C16H16F3N. The average Bonchev–Trinajstić information content (AvgIpc) is 2.43. The largest absolute Gasteiger partial charge is 0.310 e. The van der Waals surface area contributed by atoms with Crippen LogP contribution in [0.3, 0.4) is 0 Å². The zero-order valence-electron chi connectivity index (χ0n) is 11.4. The van der Waals surface area contributed by atoms with Gasteiger partial charge in [-0.25, -0.2) is 13.2 Å². The van der Waals surface area contributed by atoms with Gasteiger partial charge in [-0.1, -0.05) is 38.1 Å². The monoisotopic (exact) mass is 279 g/mol. The van der Waals surface area contributed by atoms with E-state index in [1.165, 1.54) is 6.07 Å². The molecule has 0 aliphatic carbocycles. The van der Waals surface area contributed by atoms with Gasteiger partial charge >= 0.3 is 0 Å². The summed E-state index contributed by atoms with van der Waals surface area (Å²) in [7, 11) is 0. The maximum atomic E-state index is 13.9. The van der Waals surface area contributed by atoms with Gasteiger partial charge in [0.05, 0.1) is 0 Å². The fraction of sp³-hybridized carbons (Fsp3) is 0.250. The predicted molar refractivity (Wildman–Crippen MR) is 73.7 cm³/mol. The quantitative estimate of drug-likeness (QED) is 0.824. The van der Waals surface area contributed by atoms with E-state index in [0.29, 0.717) is 12.1 Å². The minimum Gasteiger partial charge on any atom is -0.310 e. The van der Waals surface area contributed by atoms with Gasteiger partial charge in [-0.15, -0.1) is 0 Å². The summed E-state index contributed by atoms with van der Waals surface area (Å²) in [4.78, 5) is 0. The number of halogens is 3. The molecule has 20 heavy (non-hydrogen) atoms. The van der Waals surface area contributed by atoms with Gasteiger partial charge in [0.2, 0.25) is 0 Å². The summed E-state index contributed by atoms with van der Waals surface area (Å²) in [6.07, 6.45) is 0. The van der Waals surface area contributed by atoms with Crippen molar-refractivity contribution in [3.8, 4) is 11.1 Å².